The Hall–Kier alpha value is -1.91. The monoisotopic (exact) mass is 273 g/mol. The summed E-state index contributed by atoms with van der Waals surface area (Å²) in [7, 11) is 0. The van der Waals surface area contributed by atoms with Gasteiger partial charge in [-0.25, -0.2) is 4.79 Å². The second-order valence-corrected chi connectivity index (χ2v) is 4.84. The Morgan fingerprint density at radius 2 is 2.20 bits per heavy atom. The van der Waals surface area contributed by atoms with Crippen LogP contribution < -0.4 is 5.63 Å². The lowest BCUT2D eigenvalue weighted by Crippen LogP contribution is -2.27. The summed E-state index contributed by atoms with van der Waals surface area (Å²) in [6, 6.07) is 7.35. The van der Waals surface area contributed by atoms with Gasteiger partial charge in [-0.3, -0.25) is 4.90 Å². The molecule has 0 bridgehead atoms. The third-order valence-electron chi connectivity index (χ3n) is 3.18. The van der Waals surface area contributed by atoms with Crippen LogP contribution in [0.4, 0.5) is 0 Å². The van der Waals surface area contributed by atoms with Gasteiger partial charge < -0.3 is 9.52 Å². The molecule has 0 radical (unpaired) electrons. The normalized spacial score (nSPS) is 11.2. The summed E-state index contributed by atoms with van der Waals surface area (Å²) < 4.78 is 5.24. The minimum absolute atomic E-state index is 0.0757. The molecule has 0 saturated carbocycles. The Balaban J connectivity index is 2.42. The van der Waals surface area contributed by atoms with Crippen LogP contribution >= 0.6 is 0 Å². The molecule has 1 aromatic heterocycles. The maximum Gasteiger partial charge on any atom is 0.336 e. The topological polar surface area (TPSA) is 53.7 Å². The highest BCUT2D eigenvalue weighted by Crippen LogP contribution is 2.19. The van der Waals surface area contributed by atoms with Crippen molar-refractivity contribution < 1.29 is 9.52 Å². The van der Waals surface area contributed by atoms with Gasteiger partial charge in [0.1, 0.15) is 5.58 Å². The average Bonchev–Trinajstić information content (AvgIpc) is 2.38. The van der Waals surface area contributed by atoms with Crippen LogP contribution in [-0.2, 0) is 6.54 Å². The van der Waals surface area contributed by atoms with Crippen LogP contribution in [0.3, 0.4) is 0 Å². The highest BCUT2D eigenvalue weighted by Gasteiger charge is 2.10. The molecule has 0 saturated heterocycles. The first-order valence-electron chi connectivity index (χ1n) is 6.61. The number of nitrogens with zero attached hydrogens (tertiary/aromatic N) is 1. The molecule has 0 atom stereocenters. The Labute approximate surface area is 117 Å². The lowest BCUT2D eigenvalue weighted by Gasteiger charge is -2.20. The van der Waals surface area contributed by atoms with Crippen molar-refractivity contribution in [1.82, 2.24) is 4.90 Å². The second kappa shape index (κ2) is 6.50. The van der Waals surface area contributed by atoms with Gasteiger partial charge in [0.15, 0.2) is 0 Å². The van der Waals surface area contributed by atoms with E-state index in [2.05, 4.69) is 6.58 Å². The van der Waals surface area contributed by atoms with Crippen molar-refractivity contribution in [2.75, 3.05) is 19.7 Å². The molecule has 0 spiro atoms. The van der Waals surface area contributed by atoms with Crippen LogP contribution in [0, 0.1) is 6.92 Å². The SMILES string of the molecule is C=CCN(CCO)Cc1cc(=O)oc2cc(C)ccc12. The van der Waals surface area contributed by atoms with E-state index in [1.54, 1.807) is 6.08 Å². The molecule has 0 aliphatic heterocycles. The van der Waals surface area contributed by atoms with Gasteiger partial charge >= 0.3 is 5.63 Å². The minimum atomic E-state index is -0.347. The highest BCUT2D eigenvalue weighted by atomic mass is 16.4. The van der Waals surface area contributed by atoms with Crippen LogP contribution in [0.25, 0.3) is 11.0 Å². The predicted molar refractivity (Wildman–Crippen MR) is 79.8 cm³/mol. The van der Waals surface area contributed by atoms with Crippen molar-refractivity contribution in [3.8, 4) is 0 Å². The molecule has 4 nitrogen and oxygen atoms in total. The number of hydrogen-bond acceptors (Lipinski definition) is 4. The van der Waals surface area contributed by atoms with Gasteiger partial charge in [-0.05, 0) is 24.1 Å². The number of aliphatic hydroxyl groups is 1. The summed E-state index contributed by atoms with van der Waals surface area (Å²) >= 11 is 0. The van der Waals surface area contributed by atoms with E-state index in [-0.39, 0.29) is 12.2 Å². The number of aryl methyl sites for hydroxylation is 1. The lowest BCUT2D eigenvalue weighted by molar-refractivity contribution is 0.203. The molecule has 0 unspecified atom stereocenters. The van der Waals surface area contributed by atoms with Gasteiger partial charge in [0.25, 0.3) is 0 Å². The first-order valence-corrected chi connectivity index (χ1v) is 6.61. The molecule has 0 fully saturated rings. The summed E-state index contributed by atoms with van der Waals surface area (Å²) in [5.74, 6) is 0. The van der Waals surface area contributed by atoms with Crippen LogP contribution in [0.2, 0.25) is 0 Å². The zero-order valence-corrected chi connectivity index (χ0v) is 11.6. The fourth-order valence-corrected chi connectivity index (χ4v) is 2.27. The van der Waals surface area contributed by atoms with E-state index in [1.165, 1.54) is 6.07 Å². The zero-order chi connectivity index (χ0) is 14.5. The summed E-state index contributed by atoms with van der Waals surface area (Å²) in [5, 5.41) is 10.0. The summed E-state index contributed by atoms with van der Waals surface area (Å²) in [5.41, 5.74) is 2.22. The smallest absolute Gasteiger partial charge is 0.336 e. The van der Waals surface area contributed by atoms with Crippen LogP contribution in [0.15, 0.2) is 46.1 Å². The molecule has 0 aliphatic carbocycles. The number of rotatable bonds is 6. The molecular formula is C16H19NO3. The maximum absolute atomic E-state index is 11.7. The van der Waals surface area contributed by atoms with Gasteiger partial charge in [-0.15, -0.1) is 6.58 Å². The summed E-state index contributed by atoms with van der Waals surface area (Å²) in [6.07, 6.45) is 1.79. The molecular weight excluding hydrogens is 254 g/mol. The second-order valence-electron chi connectivity index (χ2n) is 4.84. The fourth-order valence-electron chi connectivity index (χ4n) is 2.27. The number of fused-ring (bicyclic) bond motifs is 1. The molecule has 1 aromatic carbocycles. The molecule has 106 valence electrons. The van der Waals surface area contributed by atoms with E-state index in [9.17, 15) is 4.79 Å². The Morgan fingerprint density at radius 1 is 1.40 bits per heavy atom. The lowest BCUT2D eigenvalue weighted by atomic mass is 10.1. The van der Waals surface area contributed by atoms with Crippen LogP contribution in [-0.4, -0.2) is 29.7 Å². The number of benzene rings is 1. The van der Waals surface area contributed by atoms with Gasteiger partial charge in [-0.1, -0.05) is 18.2 Å². The Morgan fingerprint density at radius 3 is 2.90 bits per heavy atom. The van der Waals surface area contributed by atoms with Crippen LogP contribution in [0.5, 0.6) is 0 Å². The molecule has 1 heterocycles. The third kappa shape index (κ3) is 3.35. The molecule has 0 aliphatic rings. The number of aliphatic hydroxyl groups excluding tert-OH is 1. The van der Waals surface area contributed by atoms with Crippen molar-refractivity contribution in [3.05, 3.63) is 58.5 Å². The van der Waals surface area contributed by atoms with Crippen molar-refractivity contribution in [2.45, 2.75) is 13.5 Å². The standard InChI is InChI=1S/C16H19NO3/c1-3-6-17(7-8-18)11-13-10-16(19)20-15-9-12(2)4-5-14(13)15/h3-5,9-10,18H,1,6-8,11H2,2H3. The van der Waals surface area contributed by atoms with Crippen molar-refractivity contribution in [3.63, 3.8) is 0 Å². The van der Waals surface area contributed by atoms with Gasteiger partial charge in [0, 0.05) is 31.1 Å². The van der Waals surface area contributed by atoms with Crippen molar-refractivity contribution >= 4 is 11.0 Å². The van der Waals surface area contributed by atoms with Crippen molar-refractivity contribution in [1.29, 1.82) is 0 Å². The van der Waals surface area contributed by atoms with Gasteiger partial charge in [-0.2, -0.15) is 0 Å². The Kier molecular flexibility index (Phi) is 4.71. The van der Waals surface area contributed by atoms with E-state index >= 15 is 0 Å². The average molecular weight is 273 g/mol. The highest BCUT2D eigenvalue weighted by molar-refractivity contribution is 5.80. The molecule has 2 rings (SSSR count). The molecule has 2 aromatic rings. The Bertz CT molecular complexity index is 660. The van der Waals surface area contributed by atoms with E-state index in [0.29, 0.717) is 25.2 Å². The number of hydrogen-bond donors (Lipinski definition) is 1. The van der Waals surface area contributed by atoms with Gasteiger partial charge in [0.2, 0.25) is 0 Å². The van der Waals surface area contributed by atoms with E-state index < -0.39 is 0 Å². The van der Waals surface area contributed by atoms with E-state index in [1.807, 2.05) is 30.0 Å². The minimum Gasteiger partial charge on any atom is -0.423 e. The molecule has 1 N–H and O–H groups in total. The van der Waals surface area contributed by atoms with E-state index in [4.69, 9.17) is 9.52 Å². The van der Waals surface area contributed by atoms with E-state index in [0.717, 1.165) is 16.5 Å². The summed E-state index contributed by atoms with van der Waals surface area (Å²) in [4.78, 5) is 13.7. The van der Waals surface area contributed by atoms with Crippen LogP contribution in [0.1, 0.15) is 11.1 Å². The fraction of sp³-hybridized carbons (Fsp3) is 0.312. The van der Waals surface area contributed by atoms with Gasteiger partial charge in [0.05, 0.1) is 6.61 Å². The third-order valence-corrected chi connectivity index (χ3v) is 3.18. The molecule has 0 amide bonds. The van der Waals surface area contributed by atoms with Crippen molar-refractivity contribution in [2.24, 2.45) is 0 Å². The maximum atomic E-state index is 11.7. The molecule has 20 heavy (non-hydrogen) atoms. The molecule has 4 heteroatoms. The predicted octanol–water partition coefficient (Wildman–Crippen LogP) is 2.08. The zero-order valence-electron chi connectivity index (χ0n) is 11.6. The first-order chi connectivity index (χ1) is 9.63. The summed E-state index contributed by atoms with van der Waals surface area (Å²) in [6.45, 7) is 7.53. The quantitative estimate of drug-likeness (QED) is 0.647. The first kappa shape index (κ1) is 14.5. The largest absolute Gasteiger partial charge is 0.423 e.